The summed E-state index contributed by atoms with van der Waals surface area (Å²) in [5, 5.41) is 2.98. The van der Waals surface area contributed by atoms with Crippen LogP contribution in [-0.4, -0.2) is 64.4 Å². The van der Waals surface area contributed by atoms with E-state index < -0.39 is 0 Å². The summed E-state index contributed by atoms with van der Waals surface area (Å²) in [4.78, 5) is 14.4. The number of morpholine rings is 1. The Balaban J connectivity index is 1.64. The summed E-state index contributed by atoms with van der Waals surface area (Å²) in [6.07, 6.45) is 2.44. The van der Waals surface area contributed by atoms with Gasteiger partial charge in [-0.1, -0.05) is 6.07 Å². The zero-order chi connectivity index (χ0) is 17.2. The smallest absolute Gasteiger partial charge is 0.224 e. The zero-order valence-corrected chi connectivity index (χ0v) is 14.7. The minimum Gasteiger partial charge on any atom is -0.493 e. The molecule has 1 heterocycles. The van der Waals surface area contributed by atoms with Crippen molar-refractivity contribution in [3.8, 4) is 11.5 Å². The van der Waals surface area contributed by atoms with Crippen LogP contribution in [0.3, 0.4) is 0 Å². The first kappa shape index (κ1) is 18.5. The van der Waals surface area contributed by atoms with E-state index in [4.69, 9.17) is 14.2 Å². The molecule has 6 nitrogen and oxygen atoms in total. The van der Waals surface area contributed by atoms with E-state index >= 15 is 0 Å². The summed E-state index contributed by atoms with van der Waals surface area (Å²) < 4.78 is 15.8. The first-order valence-electron chi connectivity index (χ1n) is 8.50. The van der Waals surface area contributed by atoms with E-state index in [2.05, 4.69) is 10.2 Å². The molecule has 0 atom stereocenters. The van der Waals surface area contributed by atoms with Crippen molar-refractivity contribution in [1.29, 1.82) is 0 Å². The molecule has 134 valence electrons. The molecule has 0 saturated carbocycles. The minimum absolute atomic E-state index is 0.0357. The second-order valence-corrected chi connectivity index (χ2v) is 5.88. The fourth-order valence-electron chi connectivity index (χ4n) is 2.75. The lowest BCUT2D eigenvalue weighted by molar-refractivity contribution is -0.120. The molecule has 1 aromatic carbocycles. The number of rotatable bonds is 9. The highest BCUT2D eigenvalue weighted by Gasteiger charge is 2.10. The van der Waals surface area contributed by atoms with E-state index in [-0.39, 0.29) is 5.91 Å². The van der Waals surface area contributed by atoms with Gasteiger partial charge >= 0.3 is 0 Å². The van der Waals surface area contributed by atoms with Gasteiger partial charge in [0.25, 0.3) is 0 Å². The monoisotopic (exact) mass is 336 g/mol. The van der Waals surface area contributed by atoms with Gasteiger partial charge in [0.2, 0.25) is 5.91 Å². The van der Waals surface area contributed by atoms with E-state index in [1.807, 2.05) is 18.2 Å². The molecule has 0 aromatic heterocycles. The molecular formula is C18H28N2O4. The van der Waals surface area contributed by atoms with Gasteiger partial charge in [-0.15, -0.1) is 0 Å². The van der Waals surface area contributed by atoms with E-state index in [0.29, 0.717) is 17.9 Å². The molecule has 0 aliphatic carbocycles. The number of nitrogens with zero attached hydrogens (tertiary/aromatic N) is 1. The van der Waals surface area contributed by atoms with Crippen LogP contribution in [0, 0.1) is 0 Å². The van der Waals surface area contributed by atoms with Crippen molar-refractivity contribution in [3.63, 3.8) is 0 Å². The van der Waals surface area contributed by atoms with Crippen LogP contribution < -0.4 is 14.8 Å². The van der Waals surface area contributed by atoms with Crippen LogP contribution in [0.4, 0.5) is 0 Å². The molecule has 0 spiro atoms. The summed E-state index contributed by atoms with van der Waals surface area (Å²) in [5.41, 5.74) is 0.915. The van der Waals surface area contributed by atoms with Crippen LogP contribution in [0.2, 0.25) is 0 Å². The van der Waals surface area contributed by atoms with Gasteiger partial charge in [0.05, 0.1) is 33.9 Å². The maximum Gasteiger partial charge on any atom is 0.224 e. The number of carbonyl (C=O) groups excluding carboxylic acids is 1. The Hall–Kier alpha value is -1.79. The predicted octanol–water partition coefficient (Wildman–Crippen LogP) is 1.47. The third-order valence-electron chi connectivity index (χ3n) is 4.14. The standard InChI is InChI=1S/C18H28N2O4/c1-22-16-6-5-15(13-17(16)23-2)14-18(21)19-7-3-4-8-20-9-11-24-12-10-20/h5-6,13H,3-4,7-12,14H2,1-2H3,(H,19,21). The van der Waals surface area contributed by atoms with Crippen molar-refractivity contribution in [2.45, 2.75) is 19.3 Å². The summed E-state index contributed by atoms with van der Waals surface area (Å²) in [7, 11) is 3.19. The molecule has 0 radical (unpaired) electrons. The highest BCUT2D eigenvalue weighted by molar-refractivity contribution is 5.78. The van der Waals surface area contributed by atoms with Crippen LogP contribution in [0.25, 0.3) is 0 Å². The zero-order valence-electron chi connectivity index (χ0n) is 14.7. The average molecular weight is 336 g/mol. The Morgan fingerprint density at radius 1 is 1.17 bits per heavy atom. The van der Waals surface area contributed by atoms with Crippen LogP contribution in [0.1, 0.15) is 18.4 Å². The molecule has 1 aromatic rings. The number of ether oxygens (including phenoxy) is 3. The van der Waals surface area contributed by atoms with Gasteiger partial charge in [-0.25, -0.2) is 0 Å². The molecule has 0 bridgehead atoms. The Labute approximate surface area is 144 Å². The number of unbranched alkanes of at least 4 members (excludes halogenated alkanes) is 1. The van der Waals surface area contributed by atoms with Crippen LogP contribution in [-0.2, 0) is 16.0 Å². The highest BCUT2D eigenvalue weighted by Crippen LogP contribution is 2.27. The molecule has 1 N–H and O–H groups in total. The summed E-state index contributed by atoms with van der Waals surface area (Å²) >= 11 is 0. The molecule has 1 amide bonds. The number of carbonyl (C=O) groups is 1. The van der Waals surface area contributed by atoms with Crippen LogP contribution >= 0.6 is 0 Å². The maximum absolute atomic E-state index is 12.0. The molecule has 1 fully saturated rings. The summed E-state index contributed by atoms with van der Waals surface area (Å²) in [5.74, 6) is 1.35. The Morgan fingerprint density at radius 3 is 2.62 bits per heavy atom. The fourth-order valence-corrected chi connectivity index (χ4v) is 2.75. The van der Waals surface area contributed by atoms with Gasteiger partial charge in [-0.05, 0) is 37.1 Å². The summed E-state index contributed by atoms with van der Waals surface area (Å²) in [6, 6.07) is 5.56. The van der Waals surface area contributed by atoms with Crippen LogP contribution in [0.15, 0.2) is 18.2 Å². The number of hydrogen-bond acceptors (Lipinski definition) is 5. The number of nitrogens with one attached hydrogen (secondary N) is 1. The Kier molecular flexibility index (Phi) is 7.85. The lowest BCUT2D eigenvalue weighted by Crippen LogP contribution is -2.37. The number of benzene rings is 1. The van der Waals surface area contributed by atoms with Crippen molar-refractivity contribution in [3.05, 3.63) is 23.8 Å². The van der Waals surface area contributed by atoms with Crippen molar-refractivity contribution in [2.24, 2.45) is 0 Å². The number of methoxy groups -OCH3 is 2. The SMILES string of the molecule is COc1ccc(CC(=O)NCCCCN2CCOCC2)cc1OC. The van der Waals surface area contributed by atoms with Crippen molar-refractivity contribution < 1.29 is 19.0 Å². The Morgan fingerprint density at radius 2 is 1.92 bits per heavy atom. The predicted molar refractivity (Wildman–Crippen MR) is 92.8 cm³/mol. The van der Waals surface area contributed by atoms with Gasteiger partial charge in [0.15, 0.2) is 11.5 Å². The first-order chi connectivity index (χ1) is 11.7. The van der Waals surface area contributed by atoms with Gasteiger partial charge in [0, 0.05) is 19.6 Å². The molecule has 1 aliphatic heterocycles. The quantitative estimate of drug-likeness (QED) is 0.692. The molecule has 1 saturated heterocycles. The molecule has 2 rings (SSSR count). The molecule has 0 unspecified atom stereocenters. The summed E-state index contributed by atoms with van der Waals surface area (Å²) in [6.45, 7) is 5.51. The number of hydrogen-bond donors (Lipinski definition) is 1. The van der Waals surface area contributed by atoms with Gasteiger partial charge in [-0.3, -0.25) is 9.69 Å². The fraction of sp³-hybridized carbons (Fsp3) is 0.611. The Bertz CT molecular complexity index is 516. The van der Waals surface area contributed by atoms with Crippen LogP contribution in [0.5, 0.6) is 11.5 Å². The van der Waals surface area contributed by atoms with Gasteiger partial charge in [0.1, 0.15) is 0 Å². The first-order valence-corrected chi connectivity index (χ1v) is 8.50. The van der Waals surface area contributed by atoms with Gasteiger partial charge < -0.3 is 19.5 Å². The van der Waals surface area contributed by atoms with Crippen molar-refractivity contribution >= 4 is 5.91 Å². The maximum atomic E-state index is 12.0. The highest BCUT2D eigenvalue weighted by atomic mass is 16.5. The topological polar surface area (TPSA) is 60.0 Å². The lowest BCUT2D eigenvalue weighted by atomic mass is 10.1. The third kappa shape index (κ3) is 6.02. The van der Waals surface area contributed by atoms with Crippen molar-refractivity contribution in [1.82, 2.24) is 10.2 Å². The minimum atomic E-state index is 0.0357. The largest absolute Gasteiger partial charge is 0.493 e. The number of amides is 1. The second kappa shape index (κ2) is 10.2. The molecular weight excluding hydrogens is 308 g/mol. The van der Waals surface area contributed by atoms with E-state index in [9.17, 15) is 4.79 Å². The molecule has 1 aliphatic rings. The molecule has 24 heavy (non-hydrogen) atoms. The third-order valence-corrected chi connectivity index (χ3v) is 4.14. The second-order valence-electron chi connectivity index (χ2n) is 5.88. The molecule has 6 heteroatoms. The van der Waals surface area contributed by atoms with E-state index in [1.54, 1.807) is 14.2 Å². The lowest BCUT2D eigenvalue weighted by Gasteiger charge is -2.26. The van der Waals surface area contributed by atoms with E-state index in [1.165, 1.54) is 0 Å². The van der Waals surface area contributed by atoms with Gasteiger partial charge in [-0.2, -0.15) is 0 Å². The average Bonchev–Trinajstić information content (AvgIpc) is 2.62. The van der Waals surface area contributed by atoms with Crippen molar-refractivity contribution in [2.75, 3.05) is 53.6 Å². The normalized spacial score (nSPS) is 15.1. The van der Waals surface area contributed by atoms with E-state index in [0.717, 1.165) is 57.8 Å².